The lowest BCUT2D eigenvalue weighted by molar-refractivity contribution is 0.562. The van der Waals surface area contributed by atoms with Gasteiger partial charge in [0.25, 0.3) is 0 Å². The van der Waals surface area contributed by atoms with E-state index < -0.39 is 0 Å². The van der Waals surface area contributed by atoms with E-state index in [9.17, 15) is 4.79 Å². The van der Waals surface area contributed by atoms with E-state index in [1.54, 1.807) is 6.07 Å². The van der Waals surface area contributed by atoms with E-state index in [2.05, 4.69) is 15.9 Å². The fraction of sp³-hybridized carbons (Fsp3) is 0.118. The molecule has 0 saturated heterocycles. The van der Waals surface area contributed by atoms with Gasteiger partial charge in [-0.25, -0.2) is 4.79 Å². The first-order valence-corrected chi connectivity index (χ1v) is 7.64. The molecule has 0 N–H and O–H groups in total. The van der Waals surface area contributed by atoms with Gasteiger partial charge in [0, 0.05) is 14.9 Å². The summed E-state index contributed by atoms with van der Waals surface area (Å²) >= 11 is 9.59. The smallest absolute Gasteiger partial charge is 0.344 e. The first kappa shape index (κ1) is 14.4. The molecule has 0 amide bonds. The van der Waals surface area contributed by atoms with Gasteiger partial charge in [-0.2, -0.15) is 0 Å². The van der Waals surface area contributed by atoms with Crippen molar-refractivity contribution >= 4 is 38.5 Å². The average molecular weight is 364 g/mol. The Kier molecular flexibility index (Phi) is 3.64. The van der Waals surface area contributed by atoms with Crippen LogP contribution in [0.1, 0.15) is 11.1 Å². The highest BCUT2D eigenvalue weighted by atomic mass is 79.9. The molecule has 0 unspecified atom stereocenters. The zero-order valence-electron chi connectivity index (χ0n) is 11.5. The molecule has 0 fully saturated rings. The number of halogens is 2. The maximum atomic E-state index is 12.3. The molecule has 0 saturated carbocycles. The van der Waals surface area contributed by atoms with Crippen molar-refractivity contribution < 1.29 is 4.42 Å². The SMILES string of the molecule is Cc1cc2oc(=O)c(-c3ccc(Br)cc3)c(C)c2cc1Cl. The van der Waals surface area contributed by atoms with Gasteiger partial charge in [-0.3, -0.25) is 0 Å². The van der Waals surface area contributed by atoms with Crippen molar-refractivity contribution in [3.05, 3.63) is 67.4 Å². The lowest BCUT2D eigenvalue weighted by Gasteiger charge is -2.09. The van der Waals surface area contributed by atoms with Crippen molar-refractivity contribution in [2.45, 2.75) is 13.8 Å². The Morgan fingerprint density at radius 2 is 1.76 bits per heavy atom. The molecule has 0 aliphatic carbocycles. The third-order valence-electron chi connectivity index (χ3n) is 3.58. The number of benzene rings is 2. The molecule has 0 bridgehead atoms. The van der Waals surface area contributed by atoms with Gasteiger partial charge in [-0.1, -0.05) is 39.7 Å². The summed E-state index contributed by atoms with van der Waals surface area (Å²) in [6.45, 7) is 3.81. The third-order valence-corrected chi connectivity index (χ3v) is 4.52. The van der Waals surface area contributed by atoms with Crippen LogP contribution in [0.4, 0.5) is 0 Å². The highest BCUT2D eigenvalue weighted by Gasteiger charge is 2.14. The van der Waals surface area contributed by atoms with Crippen molar-refractivity contribution in [1.82, 2.24) is 0 Å². The molecule has 3 aromatic rings. The molecule has 4 heteroatoms. The Morgan fingerprint density at radius 1 is 1.10 bits per heavy atom. The monoisotopic (exact) mass is 362 g/mol. The summed E-state index contributed by atoms with van der Waals surface area (Å²) in [5.74, 6) is 0. The summed E-state index contributed by atoms with van der Waals surface area (Å²) in [7, 11) is 0. The number of aryl methyl sites for hydroxylation is 2. The number of rotatable bonds is 1. The molecule has 21 heavy (non-hydrogen) atoms. The molecule has 106 valence electrons. The second kappa shape index (κ2) is 5.32. The summed E-state index contributed by atoms with van der Waals surface area (Å²) in [5.41, 5.74) is 3.43. The van der Waals surface area contributed by atoms with E-state index >= 15 is 0 Å². The van der Waals surface area contributed by atoms with Crippen molar-refractivity contribution in [1.29, 1.82) is 0 Å². The normalized spacial score (nSPS) is 11.0. The van der Waals surface area contributed by atoms with E-state index in [1.807, 2.05) is 44.2 Å². The maximum absolute atomic E-state index is 12.3. The molecular weight excluding hydrogens is 352 g/mol. The highest BCUT2D eigenvalue weighted by molar-refractivity contribution is 9.10. The molecule has 1 heterocycles. The third kappa shape index (κ3) is 2.52. The van der Waals surface area contributed by atoms with Crippen LogP contribution in [0.2, 0.25) is 5.02 Å². The minimum atomic E-state index is -0.330. The van der Waals surface area contributed by atoms with Gasteiger partial charge in [0.2, 0.25) is 0 Å². The summed E-state index contributed by atoms with van der Waals surface area (Å²) < 4.78 is 6.43. The van der Waals surface area contributed by atoms with Crippen LogP contribution in [0, 0.1) is 13.8 Å². The molecule has 0 aliphatic rings. The molecule has 0 atom stereocenters. The van der Waals surface area contributed by atoms with Gasteiger partial charge in [-0.05, 0) is 54.8 Å². The van der Waals surface area contributed by atoms with Gasteiger partial charge >= 0.3 is 5.63 Å². The largest absolute Gasteiger partial charge is 0.422 e. The lowest BCUT2D eigenvalue weighted by Crippen LogP contribution is -2.06. The topological polar surface area (TPSA) is 30.2 Å². The van der Waals surface area contributed by atoms with Crippen LogP contribution in [0.15, 0.2) is 50.1 Å². The first-order chi connectivity index (χ1) is 9.97. The van der Waals surface area contributed by atoms with E-state index in [0.29, 0.717) is 16.2 Å². The lowest BCUT2D eigenvalue weighted by atomic mass is 9.99. The zero-order chi connectivity index (χ0) is 15.1. The van der Waals surface area contributed by atoms with Crippen molar-refractivity contribution in [2.75, 3.05) is 0 Å². The quantitative estimate of drug-likeness (QED) is 0.535. The molecule has 0 spiro atoms. The molecular formula is C17H12BrClO2. The number of fused-ring (bicyclic) bond motifs is 1. The van der Waals surface area contributed by atoms with Gasteiger partial charge in [0.15, 0.2) is 0 Å². The second-order valence-electron chi connectivity index (χ2n) is 4.99. The standard InChI is InChI=1S/C17H12BrClO2/c1-9-7-15-13(8-14(9)19)10(2)16(17(20)21-15)11-3-5-12(18)6-4-11/h3-8H,1-2H3. The zero-order valence-corrected chi connectivity index (χ0v) is 13.9. The van der Waals surface area contributed by atoms with Gasteiger partial charge in [-0.15, -0.1) is 0 Å². The molecule has 2 aromatic carbocycles. The van der Waals surface area contributed by atoms with Crippen LogP contribution in [0.5, 0.6) is 0 Å². The fourth-order valence-corrected chi connectivity index (χ4v) is 2.85. The maximum Gasteiger partial charge on any atom is 0.344 e. The Bertz CT molecular complexity index is 895. The van der Waals surface area contributed by atoms with Crippen LogP contribution in [0.3, 0.4) is 0 Å². The van der Waals surface area contributed by atoms with Crippen LogP contribution in [-0.2, 0) is 0 Å². The number of hydrogen-bond acceptors (Lipinski definition) is 2. The number of hydrogen-bond donors (Lipinski definition) is 0. The highest BCUT2D eigenvalue weighted by Crippen LogP contribution is 2.30. The molecule has 2 nitrogen and oxygen atoms in total. The molecule has 0 aliphatic heterocycles. The minimum absolute atomic E-state index is 0.330. The molecule has 3 rings (SSSR count). The van der Waals surface area contributed by atoms with Crippen molar-refractivity contribution in [2.24, 2.45) is 0 Å². The van der Waals surface area contributed by atoms with Crippen LogP contribution in [-0.4, -0.2) is 0 Å². The fourth-order valence-electron chi connectivity index (χ4n) is 2.42. The predicted octanol–water partition coefficient (Wildman–Crippen LogP) is 5.49. The van der Waals surface area contributed by atoms with E-state index in [4.69, 9.17) is 16.0 Å². The summed E-state index contributed by atoms with van der Waals surface area (Å²) in [4.78, 5) is 12.3. The van der Waals surface area contributed by atoms with Gasteiger partial charge in [0.1, 0.15) is 5.58 Å². The summed E-state index contributed by atoms with van der Waals surface area (Å²) in [6.07, 6.45) is 0. The van der Waals surface area contributed by atoms with E-state index in [1.165, 1.54) is 0 Å². The molecule has 1 aromatic heterocycles. The first-order valence-electron chi connectivity index (χ1n) is 6.47. The summed E-state index contributed by atoms with van der Waals surface area (Å²) in [5, 5.41) is 1.53. The minimum Gasteiger partial charge on any atom is -0.422 e. The molecule has 0 radical (unpaired) electrons. The Labute approximate surface area is 135 Å². The summed E-state index contributed by atoms with van der Waals surface area (Å²) in [6, 6.07) is 11.3. The van der Waals surface area contributed by atoms with Gasteiger partial charge in [0.05, 0.1) is 5.56 Å². The predicted molar refractivity (Wildman–Crippen MR) is 90.1 cm³/mol. The van der Waals surface area contributed by atoms with Crippen LogP contribution >= 0.6 is 27.5 Å². The van der Waals surface area contributed by atoms with E-state index in [-0.39, 0.29) is 5.63 Å². The van der Waals surface area contributed by atoms with Gasteiger partial charge < -0.3 is 4.42 Å². The van der Waals surface area contributed by atoms with E-state index in [0.717, 1.165) is 26.5 Å². The Balaban J connectivity index is 2.36. The second-order valence-corrected chi connectivity index (χ2v) is 6.32. The van der Waals surface area contributed by atoms with Crippen molar-refractivity contribution in [3.63, 3.8) is 0 Å². The average Bonchev–Trinajstić information content (AvgIpc) is 2.43. The Morgan fingerprint density at radius 3 is 2.43 bits per heavy atom. The van der Waals surface area contributed by atoms with Crippen molar-refractivity contribution in [3.8, 4) is 11.1 Å². The Hall–Kier alpha value is -1.58. The van der Waals surface area contributed by atoms with Crippen LogP contribution < -0.4 is 5.63 Å². The van der Waals surface area contributed by atoms with Crippen LogP contribution in [0.25, 0.3) is 22.1 Å².